The summed E-state index contributed by atoms with van der Waals surface area (Å²) in [6.07, 6.45) is 1.50. The topological polar surface area (TPSA) is 70.8 Å². The summed E-state index contributed by atoms with van der Waals surface area (Å²) >= 11 is 0. The quantitative estimate of drug-likeness (QED) is 0.812. The average Bonchev–Trinajstić information content (AvgIpc) is 2.29. The molecule has 0 aliphatic carbocycles. The number of aromatic nitrogens is 2. The number of ether oxygens (including phenoxy) is 1. The minimum atomic E-state index is 0.119. The molecule has 1 atom stereocenters. The Morgan fingerprint density at radius 2 is 2.31 bits per heavy atom. The van der Waals surface area contributed by atoms with Crippen molar-refractivity contribution >= 4 is 5.82 Å². The van der Waals surface area contributed by atoms with Crippen molar-refractivity contribution in [3.63, 3.8) is 0 Å². The molecule has 0 amide bonds. The number of nitrogens with one attached hydrogen (secondary N) is 1. The first-order valence-electron chi connectivity index (χ1n) is 5.16. The summed E-state index contributed by atoms with van der Waals surface area (Å²) in [6, 6.07) is 3.83. The van der Waals surface area contributed by atoms with Crippen LogP contribution in [-0.2, 0) is 4.74 Å². The maximum Gasteiger partial charge on any atom is 0.166 e. The average molecular weight is 220 g/mol. The molecule has 16 heavy (non-hydrogen) atoms. The van der Waals surface area contributed by atoms with E-state index in [4.69, 9.17) is 10.00 Å². The molecule has 0 aliphatic heterocycles. The van der Waals surface area contributed by atoms with Gasteiger partial charge >= 0.3 is 0 Å². The van der Waals surface area contributed by atoms with Gasteiger partial charge in [0.2, 0.25) is 0 Å². The van der Waals surface area contributed by atoms with Crippen LogP contribution in [0.15, 0.2) is 12.3 Å². The highest BCUT2D eigenvalue weighted by atomic mass is 16.5. The van der Waals surface area contributed by atoms with Crippen LogP contribution in [0.4, 0.5) is 5.82 Å². The Labute approximate surface area is 95.4 Å². The van der Waals surface area contributed by atoms with E-state index in [9.17, 15) is 0 Å². The third kappa shape index (κ3) is 3.17. The van der Waals surface area contributed by atoms with Crippen LogP contribution < -0.4 is 5.32 Å². The van der Waals surface area contributed by atoms with E-state index >= 15 is 0 Å². The lowest BCUT2D eigenvalue weighted by Crippen LogP contribution is -2.31. The van der Waals surface area contributed by atoms with Crippen LogP contribution in [0.25, 0.3) is 0 Å². The van der Waals surface area contributed by atoms with Crippen molar-refractivity contribution in [2.24, 2.45) is 5.92 Å². The van der Waals surface area contributed by atoms with Gasteiger partial charge in [-0.2, -0.15) is 10.4 Å². The first-order chi connectivity index (χ1) is 7.69. The zero-order valence-corrected chi connectivity index (χ0v) is 9.77. The molecule has 1 aromatic heterocycles. The Bertz CT molecular complexity index is 372. The summed E-state index contributed by atoms with van der Waals surface area (Å²) in [5.41, 5.74) is 0.497. The lowest BCUT2D eigenvalue weighted by Gasteiger charge is -2.22. The molecule has 0 radical (unpaired) electrons. The zero-order valence-electron chi connectivity index (χ0n) is 9.77. The minimum Gasteiger partial charge on any atom is -0.383 e. The largest absolute Gasteiger partial charge is 0.383 e. The molecule has 0 aromatic carbocycles. The van der Waals surface area contributed by atoms with Crippen molar-refractivity contribution < 1.29 is 4.74 Å². The summed E-state index contributed by atoms with van der Waals surface area (Å²) < 4.78 is 5.12. The van der Waals surface area contributed by atoms with Crippen LogP contribution in [0, 0.1) is 17.2 Å². The van der Waals surface area contributed by atoms with Gasteiger partial charge in [0.05, 0.1) is 24.4 Å². The number of anilines is 1. The highest BCUT2D eigenvalue weighted by Gasteiger charge is 2.15. The van der Waals surface area contributed by atoms with Gasteiger partial charge in [0, 0.05) is 7.11 Å². The van der Waals surface area contributed by atoms with E-state index in [1.54, 1.807) is 13.2 Å². The molecular formula is C11H16N4O. The van der Waals surface area contributed by atoms with Crippen LogP contribution in [0.3, 0.4) is 0 Å². The summed E-state index contributed by atoms with van der Waals surface area (Å²) in [4.78, 5) is 0. The minimum absolute atomic E-state index is 0.119. The maximum atomic E-state index is 8.91. The fraction of sp³-hybridized carbons (Fsp3) is 0.545. The van der Waals surface area contributed by atoms with Gasteiger partial charge in [-0.15, -0.1) is 5.10 Å². The Kier molecular flexibility index (Phi) is 4.67. The van der Waals surface area contributed by atoms with Gasteiger partial charge in [-0.05, 0) is 12.0 Å². The fourth-order valence-corrected chi connectivity index (χ4v) is 1.28. The van der Waals surface area contributed by atoms with Crippen molar-refractivity contribution in [2.45, 2.75) is 19.9 Å². The lowest BCUT2D eigenvalue weighted by molar-refractivity contribution is 0.171. The van der Waals surface area contributed by atoms with Crippen LogP contribution in [0.2, 0.25) is 0 Å². The molecule has 1 aromatic rings. The summed E-state index contributed by atoms with van der Waals surface area (Å²) in [5, 5.41) is 19.8. The first kappa shape index (κ1) is 12.4. The molecule has 5 heteroatoms. The SMILES string of the molecule is COCC(Nc1nnccc1C#N)C(C)C. The van der Waals surface area contributed by atoms with E-state index < -0.39 is 0 Å². The monoisotopic (exact) mass is 220 g/mol. The third-order valence-electron chi connectivity index (χ3n) is 2.31. The Morgan fingerprint density at radius 1 is 1.56 bits per heavy atom. The number of rotatable bonds is 5. The molecule has 1 heterocycles. The summed E-state index contributed by atoms with van der Waals surface area (Å²) in [5.74, 6) is 0.897. The maximum absolute atomic E-state index is 8.91. The van der Waals surface area contributed by atoms with Gasteiger partial charge in [-0.3, -0.25) is 0 Å². The van der Waals surface area contributed by atoms with Crippen molar-refractivity contribution in [3.05, 3.63) is 17.8 Å². The van der Waals surface area contributed by atoms with Gasteiger partial charge in [-0.25, -0.2) is 0 Å². The van der Waals surface area contributed by atoms with E-state index in [2.05, 4.69) is 35.4 Å². The number of hydrogen-bond acceptors (Lipinski definition) is 5. The number of methoxy groups -OCH3 is 1. The zero-order chi connectivity index (χ0) is 12.0. The highest BCUT2D eigenvalue weighted by Crippen LogP contribution is 2.13. The van der Waals surface area contributed by atoms with Gasteiger partial charge in [0.15, 0.2) is 5.82 Å². The molecule has 0 aliphatic rings. The second-order valence-electron chi connectivity index (χ2n) is 3.86. The van der Waals surface area contributed by atoms with Crippen molar-refractivity contribution in [1.29, 1.82) is 5.26 Å². The first-order valence-corrected chi connectivity index (χ1v) is 5.16. The Hall–Kier alpha value is -1.67. The van der Waals surface area contributed by atoms with E-state index in [1.165, 1.54) is 6.20 Å². The Balaban J connectivity index is 2.81. The Morgan fingerprint density at radius 3 is 2.88 bits per heavy atom. The lowest BCUT2D eigenvalue weighted by atomic mass is 10.1. The molecule has 0 spiro atoms. The van der Waals surface area contributed by atoms with Crippen LogP contribution in [0.5, 0.6) is 0 Å². The molecular weight excluding hydrogens is 204 g/mol. The molecule has 1 unspecified atom stereocenters. The van der Waals surface area contributed by atoms with Gasteiger partial charge in [0.25, 0.3) is 0 Å². The van der Waals surface area contributed by atoms with Crippen LogP contribution >= 0.6 is 0 Å². The molecule has 0 bridgehead atoms. The van der Waals surface area contributed by atoms with Crippen molar-refractivity contribution in [2.75, 3.05) is 19.0 Å². The highest BCUT2D eigenvalue weighted by molar-refractivity contribution is 5.50. The van der Waals surface area contributed by atoms with Crippen LogP contribution in [0.1, 0.15) is 19.4 Å². The van der Waals surface area contributed by atoms with Crippen molar-refractivity contribution in [3.8, 4) is 6.07 Å². The number of hydrogen-bond donors (Lipinski definition) is 1. The van der Waals surface area contributed by atoms with Gasteiger partial charge in [0.1, 0.15) is 6.07 Å². The molecule has 86 valence electrons. The summed E-state index contributed by atoms with van der Waals surface area (Å²) in [7, 11) is 1.65. The second kappa shape index (κ2) is 6.03. The molecule has 5 nitrogen and oxygen atoms in total. The normalized spacial score (nSPS) is 12.2. The molecule has 0 fully saturated rings. The molecule has 1 N–H and O–H groups in total. The van der Waals surface area contributed by atoms with E-state index in [-0.39, 0.29) is 6.04 Å². The fourth-order valence-electron chi connectivity index (χ4n) is 1.28. The predicted octanol–water partition coefficient (Wildman–Crippen LogP) is 1.43. The molecule has 0 saturated heterocycles. The van der Waals surface area contributed by atoms with Gasteiger partial charge < -0.3 is 10.1 Å². The van der Waals surface area contributed by atoms with Gasteiger partial charge in [-0.1, -0.05) is 13.8 Å². The standard InChI is InChI=1S/C11H16N4O/c1-8(2)10(7-16-3)14-11-9(6-12)4-5-13-15-11/h4-5,8,10H,7H2,1-3H3,(H,14,15). The van der Waals surface area contributed by atoms with E-state index in [1.807, 2.05) is 0 Å². The number of nitriles is 1. The summed E-state index contributed by atoms with van der Waals surface area (Å²) in [6.45, 7) is 4.73. The second-order valence-corrected chi connectivity index (χ2v) is 3.86. The van der Waals surface area contributed by atoms with Crippen molar-refractivity contribution in [1.82, 2.24) is 10.2 Å². The van der Waals surface area contributed by atoms with E-state index in [0.29, 0.717) is 23.9 Å². The van der Waals surface area contributed by atoms with E-state index in [0.717, 1.165) is 0 Å². The number of nitrogens with zero attached hydrogens (tertiary/aromatic N) is 3. The molecule has 1 rings (SSSR count). The third-order valence-corrected chi connectivity index (χ3v) is 2.31. The molecule has 0 saturated carbocycles. The smallest absolute Gasteiger partial charge is 0.166 e. The van der Waals surface area contributed by atoms with Crippen LogP contribution in [-0.4, -0.2) is 30.0 Å². The predicted molar refractivity (Wildman–Crippen MR) is 60.9 cm³/mol.